The maximum absolute atomic E-state index is 5.34. The summed E-state index contributed by atoms with van der Waals surface area (Å²) >= 11 is 5.20. The van der Waals surface area contributed by atoms with Crippen LogP contribution in [0.5, 0.6) is 0 Å². The third-order valence-corrected chi connectivity index (χ3v) is 27.3. The van der Waals surface area contributed by atoms with Crippen molar-refractivity contribution < 1.29 is 0 Å². The van der Waals surface area contributed by atoms with Crippen LogP contribution in [-0.4, -0.2) is 43.6 Å². The minimum Gasteiger partial charge on any atom is -0.309 e. The van der Waals surface area contributed by atoms with Gasteiger partial charge in [0.15, 0.2) is 17.5 Å². The first-order valence-corrected chi connectivity index (χ1v) is 44.7. The van der Waals surface area contributed by atoms with E-state index in [1.54, 1.807) is 34.0 Å². The molecule has 9 aromatic heterocycles. The Labute approximate surface area is 736 Å². The second kappa shape index (κ2) is 31.2. The molecule has 0 aliphatic heterocycles. The van der Waals surface area contributed by atoms with Crippen LogP contribution in [0.25, 0.3) is 234 Å². The number of hydrogen-bond acceptors (Lipinski definition) is 9. The number of thiophene rings is 3. The molecule has 0 fully saturated rings. The zero-order chi connectivity index (χ0) is 83.1. The van der Waals surface area contributed by atoms with E-state index >= 15 is 0 Å². The summed E-state index contributed by atoms with van der Waals surface area (Å²) in [6.07, 6.45) is 0. The Balaban J connectivity index is 0.000000106. The van der Waals surface area contributed by atoms with Gasteiger partial charge in [0.25, 0.3) is 0 Å². The van der Waals surface area contributed by atoms with Crippen molar-refractivity contribution in [1.29, 1.82) is 0 Å². The summed E-state index contributed by atoms with van der Waals surface area (Å²) < 4.78 is 10.7. The van der Waals surface area contributed by atoms with Gasteiger partial charge in [0.2, 0.25) is 0 Å². The maximum atomic E-state index is 5.34. The quantitative estimate of drug-likeness (QED) is 0.128. The van der Waals surface area contributed by atoms with E-state index in [2.05, 4.69) is 438 Å². The van der Waals surface area contributed by atoms with Gasteiger partial charge in [-0.2, -0.15) is 0 Å². The summed E-state index contributed by atoms with van der Waals surface area (Å²) in [4.78, 5) is 34.4. The molecule has 0 saturated carbocycles. The van der Waals surface area contributed by atoms with E-state index in [1.165, 1.54) is 118 Å². The number of hydrogen-bond donors (Lipinski definition) is 0. The summed E-state index contributed by atoms with van der Waals surface area (Å²) in [5.74, 6) is 2.23. The lowest BCUT2D eigenvalue weighted by atomic mass is 9.99. The van der Waals surface area contributed by atoms with E-state index in [0.29, 0.717) is 0 Å². The van der Waals surface area contributed by atoms with Gasteiger partial charge < -0.3 is 13.7 Å². The van der Waals surface area contributed by atoms with Crippen molar-refractivity contribution in [3.63, 3.8) is 0 Å². The van der Waals surface area contributed by atoms with Gasteiger partial charge in [-0.1, -0.05) is 297 Å². The topological polar surface area (TPSA) is 92.1 Å². The van der Waals surface area contributed by atoms with Crippen molar-refractivity contribution in [3.8, 4) is 107 Å². The molecule has 0 radical (unpaired) electrons. The summed E-state index contributed by atoms with van der Waals surface area (Å²) in [5.41, 5.74) is 24.5. The maximum Gasteiger partial charge on any atom is 0.161 e. The minimum absolute atomic E-state index is 0.739. The van der Waals surface area contributed by atoms with E-state index in [4.69, 9.17) is 29.9 Å². The first kappa shape index (κ1) is 73.9. The fraction of sp³-hybridized carbons (Fsp3) is 0. The van der Waals surface area contributed by atoms with Crippen LogP contribution >= 0.6 is 34.0 Å². The van der Waals surface area contributed by atoms with Crippen molar-refractivity contribution in [3.05, 3.63) is 431 Å². The molecule has 0 bridgehead atoms. The van der Waals surface area contributed by atoms with Crippen LogP contribution in [0, 0.1) is 0 Å². The first-order chi connectivity index (χ1) is 62.5. The molecule has 0 unspecified atom stereocenters. The molecule has 126 heavy (non-hydrogen) atoms. The lowest BCUT2D eigenvalue weighted by Crippen LogP contribution is -1.95. The van der Waals surface area contributed by atoms with E-state index in [1.807, 2.05) is 6.07 Å². The molecule has 26 aromatic rings. The number of nitrogens with zero attached hydrogens (tertiary/aromatic N) is 9. The van der Waals surface area contributed by atoms with E-state index in [0.717, 1.165) is 116 Å². The monoisotopic (exact) mass is 1660 g/mol. The van der Waals surface area contributed by atoms with Gasteiger partial charge >= 0.3 is 0 Å². The molecule has 9 heterocycles. The van der Waals surface area contributed by atoms with E-state index in [-0.39, 0.29) is 0 Å². The van der Waals surface area contributed by atoms with Crippen LogP contribution in [-0.2, 0) is 0 Å². The van der Waals surface area contributed by atoms with Gasteiger partial charge in [-0.3, -0.25) is 0 Å². The third kappa shape index (κ3) is 13.0. The van der Waals surface area contributed by atoms with Crippen molar-refractivity contribution in [1.82, 2.24) is 43.6 Å². The Bertz CT molecular complexity index is 8700. The van der Waals surface area contributed by atoms with Crippen LogP contribution in [0.2, 0.25) is 0 Å². The normalized spacial score (nSPS) is 11.7. The molecule has 0 spiro atoms. The highest BCUT2D eigenvalue weighted by molar-refractivity contribution is 7.26. The average Bonchev–Trinajstić information content (AvgIpc) is 1.58. The Morgan fingerprint density at radius 1 is 0.159 bits per heavy atom. The van der Waals surface area contributed by atoms with Crippen molar-refractivity contribution in [2.24, 2.45) is 0 Å². The Morgan fingerprint density at radius 3 is 0.770 bits per heavy atom. The molecule has 12 heteroatoms. The molecule has 9 nitrogen and oxygen atoms in total. The van der Waals surface area contributed by atoms with Crippen LogP contribution in [0.3, 0.4) is 0 Å². The lowest BCUT2D eigenvalue weighted by Gasteiger charge is -2.10. The molecule has 0 amide bonds. The Morgan fingerprint density at radius 2 is 0.405 bits per heavy atom. The van der Waals surface area contributed by atoms with Gasteiger partial charge in [0, 0.05) is 129 Å². The predicted molar refractivity (Wildman–Crippen MR) is 531 cm³/mol. The summed E-state index contributed by atoms with van der Waals surface area (Å²) in [7, 11) is 0. The summed E-state index contributed by atoms with van der Waals surface area (Å²) in [6.45, 7) is 0. The number of benzene rings is 17. The van der Waals surface area contributed by atoms with Crippen LogP contribution in [0.15, 0.2) is 431 Å². The smallest absolute Gasteiger partial charge is 0.161 e. The second-order valence-electron chi connectivity index (χ2n) is 31.5. The van der Waals surface area contributed by atoms with Crippen LogP contribution < -0.4 is 0 Å². The molecule has 590 valence electrons. The highest BCUT2D eigenvalue weighted by Crippen LogP contribution is 2.47. The van der Waals surface area contributed by atoms with Gasteiger partial charge in [-0.15, -0.1) is 34.0 Å². The van der Waals surface area contributed by atoms with Crippen LogP contribution in [0.4, 0.5) is 0 Å². The van der Waals surface area contributed by atoms with Gasteiger partial charge in [-0.05, 0) is 156 Å². The largest absolute Gasteiger partial charge is 0.309 e. The van der Waals surface area contributed by atoms with Gasteiger partial charge in [-0.25, -0.2) is 29.9 Å². The highest BCUT2D eigenvalue weighted by Gasteiger charge is 2.25. The molecular formula is C114H71N9S3. The minimum atomic E-state index is 0.739. The summed E-state index contributed by atoms with van der Waals surface area (Å²) in [6, 6.07) is 152. The first-order valence-electron chi connectivity index (χ1n) is 42.2. The lowest BCUT2D eigenvalue weighted by molar-refractivity contribution is 1.18. The molecule has 0 N–H and O–H groups in total. The van der Waals surface area contributed by atoms with E-state index < -0.39 is 0 Å². The number of aromatic nitrogens is 9. The Hall–Kier alpha value is -16.0. The third-order valence-electron chi connectivity index (χ3n) is 24.1. The average molecular weight is 1660 g/mol. The van der Waals surface area contributed by atoms with E-state index in [9.17, 15) is 0 Å². The van der Waals surface area contributed by atoms with Crippen LogP contribution in [0.1, 0.15) is 0 Å². The van der Waals surface area contributed by atoms with Gasteiger partial charge in [0.05, 0.1) is 50.2 Å². The second-order valence-corrected chi connectivity index (χ2v) is 34.6. The van der Waals surface area contributed by atoms with Gasteiger partial charge in [0.1, 0.15) is 14.5 Å². The van der Waals surface area contributed by atoms with Crippen molar-refractivity contribution in [2.45, 2.75) is 0 Å². The fourth-order valence-electron chi connectivity index (χ4n) is 18.3. The molecule has 26 rings (SSSR count). The van der Waals surface area contributed by atoms with Crippen molar-refractivity contribution in [2.75, 3.05) is 0 Å². The molecule has 17 aromatic carbocycles. The summed E-state index contributed by atoms with van der Waals surface area (Å²) in [5, 5.41) is 14.2. The molecule has 0 aliphatic carbocycles. The Kier molecular flexibility index (Phi) is 18.3. The molecular weight excluding hydrogens is 1590 g/mol. The fourth-order valence-corrected chi connectivity index (χ4v) is 21.5. The number of rotatable bonds is 11. The molecule has 0 saturated heterocycles. The highest BCUT2D eigenvalue weighted by atomic mass is 32.1. The predicted octanol–water partition coefficient (Wildman–Crippen LogP) is 31.2. The number of para-hydroxylation sites is 6. The molecule has 0 atom stereocenters. The zero-order valence-corrected chi connectivity index (χ0v) is 70.2. The number of fused-ring (bicyclic) bond motifs is 18. The molecule has 0 aliphatic rings. The standard InChI is InChI=1S/2C40H25N3S.C34H21N3S/c1-3-12-26(13-4-1)27-14-11-15-28(24-27)38-37-32-19-8-10-21-36(32)44-40(37)42-39(41-38)29-22-23-35-33(25-29)31-18-7-9-20-34(31)43(35)30-16-5-2-6-17-30;1-3-11-26(12-4-1)27-19-21-28(22-20-27)38-37-32-16-8-10-18-36(32)44-40(37)42-39(41-38)29-23-24-35-33(25-29)31-15-7-9-17-34(31)43(35)30-13-5-2-6-14-30;1-3-11-22(12-4-1)32-31-26-16-8-10-18-30(26)38-34(31)36-33(35-32)23-19-20-29-27(21-23)25-15-7-9-17-28(25)37(29)24-13-5-2-6-14-24/h2*1-25H;1-21H. The zero-order valence-electron chi connectivity index (χ0n) is 67.7. The van der Waals surface area contributed by atoms with Crippen molar-refractivity contribution >= 4 is 160 Å². The SMILES string of the molecule is c1ccc(-c2ccc(-c3nc(-c4ccc5c(c4)c4ccccc4n5-c4ccccc4)nc4sc5ccccc5c34)cc2)cc1.c1ccc(-c2cccc(-c3nc(-c4ccc5c(c4)c4ccccc4n5-c4ccccc4)nc4sc5ccccc5c34)c2)cc1.c1ccc(-c2nc(-c3ccc4c(c3)c3ccccc3n4-c3ccccc3)nc3sc4ccccc4c23)cc1.